The van der Waals surface area contributed by atoms with Crippen LogP contribution in [0.3, 0.4) is 0 Å². The fourth-order valence-electron chi connectivity index (χ4n) is 1.52. The van der Waals surface area contributed by atoms with Crippen molar-refractivity contribution >= 4 is 0 Å². The van der Waals surface area contributed by atoms with Crippen molar-refractivity contribution in [2.24, 2.45) is 0 Å². The molecule has 0 saturated carbocycles. The van der Waals surface area contributed by atoms with E-state index in [1.54, 1.807) is 27.4 Å². The van der Waals surface area contributed by atoms with Gasteiger partial charge < -0.3 is 19.3 Å². The van der Waals surface area contributed by atoms with Crippen LogP contribution >= 0.6 is 0 Å². The molecule has 0 bridgehead atoms. The second-order valence-corrected chi connectivity index (χ2v) is 3.03. The van der Waals surface area contributed by atoms with Crippen molar-refractivity contribution in [2.75, 3.05) is 21.3 Å². The summed E-state index contributed by atoms with van der Waals surface area (Å²) in [5.41, 5.74) is 1.54. The maximum Gasteiger partial charge on any atom is 0.133 e. The Morgan fingerprint density at radius 1 is 1.13 bits per heavy atom. The molecule has 0 unspecified atom stereocenters. The second-order valence-electron chi connectivity index (χ2n) is 3.03. The van der Waals surface area contributed by atoms with Crippen molar-refractivity contribution in [3.05, 3.63) is 23.3 Å². The lowest BCUT2D eigenvalue weighted by Crippen LogP contribution is -2.01. The van der Waals surface area contributed by atoms with Gasteiger partial charge in [0.2, 0.25) is 0 Å². The highest BCUT2D eigenvalue weighted by Gasteiger charge is 2.13. The van der Waals surface area contributed by atoms with Gasteiger partial charge in [0.15, 0.2) is 0 Å². The van der Waals surface area contributed by atoms with E-state index in [0.29, 0.717) is 23.7 Å². The Hall–Kier alpha value is -1.26. The van der Waals surface area contributed by atoms with E-state index in [1.165, 1.54) is 0 Å². The Kier molecular flexibility index (Phi) is 4.39. The average Bonchev–Trinajstić information content (AvgIpc) is 2.28. The zero-order valence-corrected chi connectivity index (χ0v) is 9.24. The van der Waals surface area contributed by atoms with Crippen LogP contribution in [0.25, 0.3) is 0 Å². The summed E-state index contributed by atoms with van der Waals surface area (Å²) in [7, 11) is 4.74. The van der Waals surface area contributed by atoms with Gasteiger partial charge in [-0.25, -0.2) is 0 Å². The van der Waals surface area contributed by atoms with Crippen LogP contribution in [-0.4, -0.2) is 26.4 Å². The van der Waals surface area contributed by atoms with Gasteiger partial charge in [-0.2, -0.15) is 0 Å². The zero-order valence-electron chi connectivity index (χ0n) is 9.24. The molecule has 1 aromatic rings. The Morgan fingerprint density at radius 2 is 1.87 bits per heavy atom. The zero-order chi connectivity index (χ0) is 11.3. The molecule has 4 nitrogen and oxygen atoms in total. The summed E-state index contributed by atoms with van der Waals surface area (Å²) < 4.78 is 15.4. The quantitative estimate of drug-likeness (QED) is 0.800. The predicted molar refractivity (Wildman–Crippen MR) is 56.2 cm³/mol. The van der Waals surface area contributed by atoms with Crippen molar-refractivity contribution in [3.63, 3.8) is 0 Å². The van der Waals surface area contributed by atoms with Crippen molar-refractivity contribution in [1.82, 2.24) is 0 Å². The number of aliphatic hydroxyl groups excluding tert-OH is 1. The lowest BCUT2D eigenvalue weighted by Gasteiger charge is -2.14. The number of rotatable bonds is 5. The smallest absolute Gasteiger partial charge is 0.133 e. The van der Waals surface area contributed by atoms with Crippen molar-refractivity contribution in [3.8, 4) is 11.5 Å². The number of ether oxygens (including phenoxy) is 3. The number of methoxy groups -OCH3 is 3. The average molecular weight is 212 g/mol. The van der Waals surface area contributed by atoms with E-state index in [1.807, 2.05) is 6.07 Å². The molecule has 0 spiro atoms. The summed E-state index contributed by atoms with van der Waals surface area (Å²) in [4.78, 5) is 0. The van der Waals surface area contributed by atoms with Crippen LogP contribution in [0.5, 0.6) is 11.5 Å². The molecule has 0 saturated heterocycles. The monoisotopic (exact) mass is 212 g/mol. The van der Waals surface area contributed by atoms with Gasteiger partial charge in [0, 0.05) is 12.7 Å². The molecule has 4 heteroatoms. The fraction of sp³-hybridized carbons (Fsp3) is 0.455. The number of benzene rings is 1. The van der Waals surface area contributed by atoms with Crippen LogP contribution in [-0.2, 0) is 18.0 Å². The molecule has 0 atom stereocenters. The highest BCUT2D eigenvalue weighted by atomic mass is 16.5. The first-order valence-electron chi connectivity index (χ1n) is 4.61. The van der Waals surface area contributed by atoms with Crippen LogP contribution in [0, 0.1) is 0 Å². The van der Waals surface area contributed by atoms with Gasteiger partial charge in [-0.1, -0.05) is 0 Å². The van der Waals surface area contributed by atoms with E-state index < -0.39 is 0 Å². The molecule has 0 amide bonds. The molecule has 0 aromatic heterocycles. The molecule has 1 rings (SSSR count). The highest BCUT2D eigenvalue weighted by Crippen LogP contribution is 2.32. The molecular weight excluding hydrogens is 196 g/mol. The van der Waals surface area contributed by atoms with E-state index in [0.717, 1.165) is 5.56 Å². The molecule has 1 N–H and O–H groups in total. The van der Waals surface area contributed by atoms with Gasteiger partial charge >= 0.3 is 0 Å². The summed E-state index contributed by atoms with van der Waals surface area (Å²) >= 11 is 0. The molecule has 84 valence electrons. The predicted octanol–water partition coefficient (Wildman–Crippen LogP) is 1.34. The first-order chi connectivity index (χ1) is 7.28. The van der Waals surface area contributed by atoms with Crippen LogP contribution in [0.15, 0.2) is 12.1 Å². The lowest BCUT2D eigenvalue weighted by molar-refractivity contribution is 0.180. The van der Waals surface area contributed by atoms with Gasteiger partial charge in [0.1, 0.15) is 11.5 Å². The summed E-state index contributed by atoms with van der Waals surface area (Å²) in [5, 5.41) is 9.25. The number of aliphatic hydroxyl groups is 1. The van der Waals surface area contributed by atoms with Gasteiger partial charge in [-0.15, -0.1) is 0 Å². The van der Waals surface area contributed by atoms with Gasteiger partial charge in [0.25, 0.3) is 0 Å². The molecule has 0 aliphatic carbocycles. The Balaban J connectivity index is 3.21. The largest absolute Gasteiger partial charge is 0.496 e. The van der Waals surface area contributed by atoms with Crippen molar-refractivity contribution in [1.29, 1.82) is 0 Å². The minimum absolute atomic E-state index is 0.121. The van der Waals surface area contributed by atoms with E-state index >= 15 is 0 Å². The Morgan fingerprint density at radius 3 is 2.33 bits per heavy atom. The summed E-state index contributed by atoms with van der Waals surface area (Å²) in [6.45, 7) is 0.323. The topological polar surface area (TPSA) is 47.9 Å². The van der Waals surface area contributed by atoms with Crippen LogP contribution in [0.4, 0.5) is 0 Å². The third-order valence-corrected chi connectivity index (χ3v) is 2.18. The van der Waals surface area contributed by atoms with E-state index in [2.05, 4.69) is 0 Å². The van der Waals surface area contributed by atoms with Crippen LogP contribution in [0.1, 0.15) is 11.1 Å². The van der Waals surface area contributed by atoms with E-state index in [-0.39, 0.29) is 6.61 Å². The minimum Gasteiger partial charge on any atom is -0.496 e. The van der Waals surface area contributed by atoms with Crippen LogP contribution in [0.2, 0.25) is 0 Å². The SMILES string of the molecule is COCc1ccc(OC)c(CO)c1OC. The molecule has 15 heavy (non-hydrogen) atoms. The third kappa shape index (κ3) is 2.40. The molecule has 0 radical (unpaired) electrons. The first kappa shape index (κ1) is 11.8. The standard InChI is InChI=1S/C11H16O4/c1-13-7-8-4-5-10(14-2)9(6-12)11(8)15-3/h4-5,12H,6-7H2,1-3H3. The van der Waals surface area contributed by atoms with Gasteiger partial charge in [-0.3, -0.25) is 0 Å². The maximum absolute atomic E-state index is 9.25. The van der Waals surface area contributed by atoms with Crippen molar-refractivity contribution in [2.45, 2.75) is 13.2 Å². The summed E-state index contributed by atoms with van der Waals surface area (Å²) in [6.07, 6.45) is 0. The second kappa shape index (κ2) is 5.58. The first-order valence-corrected chi connectivity index (χ1v) is 4.61. The highest BCUT2D eigenvalue weighted by molar-refractivity contribution is 5.49. The molecule has 0 aliphatic heterocycles. The molecular formula is C11H16O4. The fourth-order valence-corrected chi connectivity index (χ4v) is 1.52. The lowest BCUT2D eigenvalue weighted by atomic mass is 10.1. The van der Waals surface area contributed by atoms with E-state index in [9.17, 15) is 5.11 Å². The summed E-state index contributed by atoms with van der Waals surface area (Å²) in [6, 6.07) is 3.66. The van der Waals surface area contributed by atoms with Gasteiger partial charge in [0.05, 0.1) is 33.0 Å². The normalized spacial score (nSPS) is 10.1. The van der Waals surface area contributed by atoms with E-state index in [4.69, 9.17) is 14.2 Å². The molecule has 1 aromatic carbocycles. The van der Waals surface area contributed by atoms with Crippen LogP contribution < -0.4 is 9.47 Å². The van der Waals surface area contributed by atoms with Gasteiger partial charge in [-0.05, 0) is 12.1 Å². The number of hydrogen-bond acceptors (Lipinski definition) is 4. The minimum atomic E-state index is -0.121. The third-order valence-electron chi connectivity index (χ3n) is 2.18. The molecule has 0 aliphatic rings. The van der Waals surface area contributed by atoms with Crippen molar-refractivity contribution < 1.29 is 19.3 Å². The molecule has 0 heterocycles. The Bertz CT molecular complexity index is 323. The number of hydrogen-bond donors (Lipinski definition) is 1. The maximum atomic E-state index is 9.25. The Labute approximate surface area is 89.4 Å². The summed E-state index contributed by atoms with van der Waals surface area (Å²) in [5.74, 6) is 1.24. The molecule has 0 fully saturated rings.